The zero-order valence-electron chi connectivity index (χ0n) is 17.2. The predicted molar refractivity (Wildman–Crippen MR) is 124 cm³/mol. The zero-order chi connectivity index (χ0) is 23.4. The van der Waals surface area contributed by atoms with Gasteiger partial charge in [0.2, 0.25) is 0 Å². The van der Waals surface area contributed by atoms with Crippen molar-refractivity contribution in [3.05, 3.63) is 90.3 Å². The molecule has 0 unspecified atom stereocenters. The van der Waals surface area contributed by atoms with Crippen LogP contribution in [0.3, 0.4) is 0 Å². The molecule has 0 saturated carbocycles. The van der Waals surface area contributed by atoms with Crippen LogP contribution in [0.4, 0.5) is 15.9 Å². The van der Waals surface area contributed by atoms with Gasteiger partial charge in [0, 0.05) is 6.54 Å². The molecule has 0 fully saturated rings. The highest BCUT2D eigenvalue weighted by Gasteiger charge is 2.27. The van der Waals surface area contributed by atoms with E-state index in [1.54, 1.807) is 30.3 Å². The number of hydrogen-bond acceptors (Lipinski definition) is 4. The molecule has 32 heavy (non-hydrogen) atoms. The van der Waals surface area contributed by atoms with Gasteiger partial charge in [-0.3, -0.25) is 24.0 Å². The molecular weight excluding hydrogens is 458 g/mol. The van der Waals surface area contributed by atoms with E-state index < -0.39 is 23.0 Å². The number of nitrogens with one attached hydrogen (secondary N) is 1. The smallest absolute Gasteiger partial charge is 0.330 e. The lowest BCUT2D eigenvalue weighted by atomic mass is 10.1. The van der Waals surface area contributed by atoms with E-state index >= 15 is 0 Å². The number of amides is 1. The first kappa shape index (κ1) is 23.6. The summed E-state index contributed by atoms with van der Waals surface area (Å²) >= 11 is 11.9. The Bertz CT molecular complexity index is 1260. The highest BCUT2D eigenvalue weighted by Crippen LogP contribution is 2.28. The Hall–Kier alpha value is -3.10. The fourth-order valence-corrected chi connectivity index (χ4v) is 3.69. The summed E-state index contributed by atoms with van der Waals surface area (Å²) < 4.78 is 15.3. The minimum atomic E-state index is -0.839. The maximum absolute atomic E-state index is 14.1. The molecule has 0 bridgehead atoms. The van der Waals surface area contributed by atoms with Gasteiger partial charge in [0.25, 0.3) is 11.5 Å². The van der Waals surface area contributed by atoms with Crippen molar-refractivity contribution in [1.82, 2.24) is 9.55 Å². The van der Waals surface area contributed by atoms with Crippen LogP contribution in [0, 0.1) is 5.82 Å². The third-order valence-electron chi connectivity index (χ3n) is 4.89. The van der Waals surface area contributed by atoms with E-state index in [1.165, 1.54) is 4.57 Å². The summed E-state index contributed by atoms with van der Waals surface area (Å²) in [5, 5.41) is -0.333. The molecule has 1 heterocycles. The minimum absolute atomic E-state index is 0.0699. The number of nitrogens with zero attached hydrogens (tertiary/aromatic N) is 2. The number of halogens is 3. The summed E-state index contributed by atoms with van der Waals surface area (Å²) in [6.45, 7) is 2.13. The molecule has 0 atom stereocenters. The van der Waals surface area contributed by atoms with E-state index in [1.807, 2.05) is 6.92 Å². The normalized spacial score (nSPS) is 10.9. The minimum Gasteiger partial charge on any atom is -0.383 e. The van der Waals surface area contributed by atoms with Crippen LogP contribution in [-0.4, -0.2) is 15.5 Å². The molecule has 3 rings (SSSR count). The van der Waals surface area contributed by atoms with Crippen LogP contribution in [-0.2, 0) is 13.1 Å². The van der Waals surface area contributed by atoms with Crippen LogP contribution in [0.15, 0.2) is 52.1 Å². The summed E-state index contributed by atoms with van der Waals surface area (Å²) in [7, 11) is 0. The van der Waals surface area contributed by atoms with Crippen molar-refractivity contribution in [3.63, 3.8) is 0 Å². The molecule has 1 amide bonds. The lowest BCUT2D eigenvalue weighted by molar-refractivity contribution is 0.0984. The number of benzene rings is 2. The van der Waals surface area contributed by atoms with Crippen LogP contribution < -0.4 is 21.9 Å². The maximum atomic E-state index is 14.1. The van der Waals surface area contributed by atoms with Gasteiger partial charge >= 0.3 is 5.69 Å². The Morgan fingerprint density at radius 2 is 1.84 bits per heavy atom. The highest BCUT2D eigenvalue weighted by molar-refractivity contribution is 6.37. The molecule has 3 aromatic rings. The SMILES string of the molecule is CCCCn1c(N)c(N(Cc2ccccc2)C(=O)c2cc(F)c(Cl)cc2Cl)c(=O)[nH]c1=O. The van der Waals surface area contributed by atoms with Gasteiger partial charge in [0.15, 0.2) is 5.69 Å². The molecule has 2 aromatic carbocycles. The average molecular weight is 479 g/mol. The summed E-state index contributed by atoms with van der Waals surface area (Å²) in [6, 6.07) is 10.9. The summed E-state index contributed by atoms with van der Waals surface area (Å²) in [5.41, 5.74) is 4.95. The molecule has 0 spiro atoms. The Morgan fingerprint density at radius 3 is 2.50 bits per heavy atom. The number of carbonyl (C=O) groups is 1. The Balaban J connectivity index is 2.20. The molecule has 0 aliphatic rings. The van der Waals surface area contributed by atoms with Crippen molar-refractivity contribution in [3.8, 4) is 0 Å². The number of nitrogen functional groups attached to an aromatic ring is 1. The maximum Gasteiger partial charge on any atom is 0.330 e. The molecule has 0 radical (unpaired) electrons. The molecule has 0 aliphatic heterocycles. The Morgan fingerprint density at radius 1 is 1.16 bits per heavy atom. The first-order valence-electron chi connectivity index (χ1n) is 9.87. The van der Waals surface area contributed by atoms with Gasteiger partial charge in [0.05, 0.1) is 22.2 Å². The van der Waals surface area contributed by atoms with Crippen LogP contribution >= 0.6 is 23.2 Å². The van der Waals surface area contributed by atoms with Crippen molar-refractivity contribution in [2.75, 3.05) is 10.6 Å². The van der Waals surface area contributed by atoms with Gasteiger partial charge < -0.3 is 5.73 Å². The topological polar surface area (TPSA) is 101 Å². The standard InChI is InChI=1S/C22H21Cl2FN4O3/c1-2-3-9-28-19(26)18(20(30)27-22(28)32)29(12-13-7-5-4-6-8-13)21(31)14-10-17(25)16(24)11-15(14)23/h4-8,10-11H,2-3,9,12,26H2,1H3,(H,27,30,32). The third kappa shape index (κ3) is 4.87. The van der Waals surface area contributed by atoms with E-state index in [2.05, 4.69) is 4.98 Å². The number of unbranched alkanes of at least 4 members (excludes halogenated alkanes) is 1. The molecule has 168 valence electrons. The van der Waals surface area contributed by atoms with Crippen molar-refractivity contribution < 1.29 is 9.18 Å². The number of anilines is 2. The van der Waals surface area contributed by atoms with Crippen LogP contribution in [0.25, 0.3) is 0 Å². The van der Waals surface area contributed by atoms with E-state index in [-0.39, 0.29) is 40.2 Å². The number of aromatic amines is 1. The summed E-state index contributed by atoms with van der Waals surface area (Å²) in [5.74, 6) is -1.77. The molecule has 1 aromatic heterocycles. The van der Waals surface area contributed by atoms with Gasteiger partial charge in [-0.15, -0.1) is 0 Å². The predicted octanol–water partition coefficient (Wildman–Crippen LogP) is 4.21. The number of nitrogens with two attached hydrogens (primary N) is 1. The molecule has 7 nitrogen and oxygen atoms in total. The Kier molecular flexibility index (Phi) is 7.37. The van der Waals surface area contributed by atoms with Crippen LogP contribution in [0.2, 0.25) is 10.0 Å². The fourth-order valence-electron chi connectivity index (χ4n) is 3.23. The Labute approximate surface area is 193 Å². The number of H-pyrrole nitrogens is 1. The average Bonchev–Trinajstić information content (AvgIpc) is 2.75. The fraction of sp³-hybridized carbons (Fsp3) is 0.227. The van der Waals surface area contributed by atoms with Crippen molar-refractivity contribution in [1.29, 1.82) is 0 Å². The quantitative estimate of drug-likeness (QED) is 0.496. The monoisotopic (exact) mass is 478 g/mol. The lowest BCUT2D eigenvalue weighted by Crippen LogP contribution is -2.41. The molecule has 10 heteroatoms. The largest absolute Gasteiger partial charge is 0.383 e. The first-order valence-corrected chi connectivity index (χ1v) is 10.6. The van der Waals surface area contributed by atoms with Gasteiger partial charge in [-0.1, -0.05) is 66.9 Å². The second kappa shape index (κ2) is 10.0. The summed E-state index contributed by atoms with van der Waals surface area (Å²) in [6.07, 6.45) is 1.42. The highest BCUT2D eigenvalue weighted by atomic mass is 35.5. The summed E-state index contributed by atoms with van der Waals surface area (Å²) in [4.78, 5) is 41.9. The first-order chi connectivity index (χ1) is 15.2. The van der Waals surface area contributed by atoms with Gasteiger partial charge in [-0.25, -0.2) is 9.18 Å². The van der Waals surface area contributed by atoms with Gasteiger partial charge in [0.1, 0.15) is 11.6 Å². The molecule has 3 N–H and O–H groups in total. The van der Waals surface area contributed by atoms with Crippen molar-refractivity contribution in [2.45, 2.75) is 32.9 Å². The number of aromatic nitrogens is 2. The number of hydrogen-bond donors (Lipinski definition) is 2. The van der Waals surface area contributed by atoms with Gasteiger partial charge in [-0.05, 0) is 24.1 Å². The number of carbonyl (C=O) groups excluding carboxylic acids is 1. The van der Waals surface area contributed by atoms with Crippen molar-refractivity contribution >= 4 is 40.6 Å². The molecular formula is C22H21Cl2FN4O3. The van der Waals surface area contributed by atoms with E-state index in [0.717, 1.165) is 23.5 Å². The van der Waals surface area contributed by atoms with E-state index in [4.69, 9.17) is 28.9 Å². The molecule has 0 aliphatic carbocycles. The lowest BCUT2D eigenvalue weighted by Gasteiger charge is -2.25. The van der Waals surface area contributed by atoms with E-state index in [9.17, 15) is 18.8 Å². The molecule has 0 saturated heterocycles. The van der Waals surface area contributed by atoms with E-state index in [0.29, 0.717) is 12.0 Å². The van der Waals surface area contributed by atoms with Crippen LogP contribution in [0.5, 0.6) is 0 Å². The zero-order valence-corrected chi connectivity index (χ0v) is 18.7. The van der Waals surface area contributed by atoms with Crippen LogP contribution in [0.1, 0.15) is 35.7 Å². The number of rotatable bonds is 7. The third-order valence-corrected chi connectivity index (χ3v) is 5.49. The second-order valence-corrected chi connectivity index (χ2v) is 7.94. The second-order valence-electron chi connectivity index (χ2n) is 7.12. The van der Waals surface area contributed by atoms with Crippen molar-refractivity contribution in [2.24, 2.45) is 0 Å². The van der Waals surface area contributed by atoms with Gasteiger partial charge in [-0.2, -0.15) is 0 Å².